The predicted molar refractivity (Wildman–Crippen MR) is 117 cm³/mol. The summed E-state index contributed by atoms with van der Waals surface area (Å²) in [5.74, 6) is -0.0233. The third-order valence-corrected chi connectivity index (χ3v) is 5.19. The number of ether oxygens (including phenoxy) is 2. The van der Waals surface area contributed by atoms with E-state index in [4.69, 9.17) is 9.47 Å². The van der Waals surface area contributed by atoms with Crippen LogP contribution in [0.2, 0.25) is 0 Å². The molecule has 0 aromatic heterocycles. The van der Waals surface area contributed by atoms with Crippen molar-refractivity contribution >= 4 is 23.3 Å². The highest BCUT2D eigenvalue weighted by Crippen LogP contribution is 2.28. The summed E-state index contributed by atoms with van der Waals surface area (Å²) in [5, 5.41) is 2.99. The van der Waals surface area contributed by atoms with Gasteiger partial charge in [0, 0.05) is 5.56 Å². The number of rotatable bonds is 7. The van der Waals surface area contributed by atoms with Crippen molar-refractivity contribution in [3.05, 3.63) is 53.6 Å². The van der Waals surface area contributed by atoms with Gasteiger partial charge in [0.25, 0.3) is 5.91 Å². The number of methoxy groups -OCH3 is 1. The Labute approximate surface area is 177 Å². The first-order valence-electron chi connectivity index (χ1n) is 10.3. The highest BCUT2D eigenvalue weighted by molar-refractivity contribution is 6.07. The highest BCUT2D eigenvalue weighted by atomic mass is 16.5. The highest BCUT2D eigenvalue weighted by Gasteiger charge is 2.22. The van der Waals surface area contributed by atoms with Gasteiger partial charge in [-0.2, -0.15) is 0 Å². The van der Waals surface area contributed by atoms with Crippen molar-refractivity contribution in [2.24, 2.45) is 0 Å². The molecule has 30 heavy (non-hydrogen) atoms. The maximum absolute atomic E-state index is 13.0. The molecule has 1 aliphatic heterocycles. The van der Waals surface area contributed by atoms with Gasteiger partial charge in [-0.25, -0.2) is 4.79 Å². The molecule has 160 valence electrons. The molecule has 0 atom stereocenters. The molecule has 0 bridgehead atoms. The molecule has 0 radical (unpaired) electrons. The molecular formula is C23H30N3O4+. The topological polar surface area (TPSA) is 72.3 Å². The third-order valence-electron chi connectivity index (χ3n) is 5.19. The predicted octanol–water partition coefficient (Wildman–Crippen LogP) is 1.85. The van der Waals surface area contributed by atoms with Crippen LogP contribution in [0.25, 0.3) is 0 Å². The minimum absolute atomic E-state index is 0.250. The smallest absolute Gasteiger partial charge is 0.337 e. The molecule has 1 amide bonds. The van der Waals surface area contributed by atoms with Crippen LogP contribution in [-0.2, 0) is 4.74 Å². The van der Waals surface area contributed by atoms with Crippen LogP contribution in [0.5, 0.6) is 5.75 Å². The summed E-state index contributed by atoms with van der Waals surface area (Å²) >= 11 is 0. The number of anilines is 2. The fourth-order valence-electron chi connectivity index (χ4n) is 3.43. The van der Waals surface area contributed by atoms with Gasteiger partial charge in [-0.15, -0.1) is 0 Å². The largest absolute Gasteiger partial charge is 0.494 e. The van der Waals surface area contributed by atoms with Crippen LogP contribution < -0.4 is 19.9 Å². The molecule has 0 unspecified atom stereocenters. The molecule has 1 aliphatic rings. The number of nitrogens with zero attached hydrogens (tertiary/aromatic N) is 1. The number of hydrogen-bond donors (Lipinski definition) is 2. The van der Waals surface area contributed by atoms with E-state index < -0.39 is 5.97 Å². The van der Waals surface area contributed by atoms with Crippen LogP contribution in [-0.4, -0.2) is 58.8 Å². The zero-order chi connectivity index (χ0) is 21.5. The van der Waals surface area contributed by atoms with E-state index in [-0.39, 0.29) is 5.91 Å². The first kappa shape index (κ1) is 21.6. The van der Waals surface area contributed by atoms with Crippen LogP contribution in [0, 0.1) is 0 Å². The standard InChI is InChI=1S/C23H29N3O4/c1-4-14-30-19-7-5-6-17(15-19)22(27)24-20-16-18(23(28)29-3)8-9-21(20)26-12-10-25(2)11-13-26/h5-9,15-16H,4,10-14H2,1-3H3,(H,24,27)/p+1. The molecule has 2 aromatic carbocycles. The second-order valence-corrected chi connectivity index (χ2v) is 7.50. The molecule has 0 aliphatic carbocycles. The summed E-state index contributed by atoms with van der Waals surface area (Å²) in [6.07, 6.45) is 0.896. The number of piperazine rings is 1. The Hall–Kier alpha value is -3.06. The van der Waals surface area contributed by atoms with E-state index in [1.165, 1.54) is 12.0 Å². The molecular weight excluding hydrogens is 382 g/mol. The molecule has 0 spiro atoms. The van der Waals surface area contributed by atoms with Crippen molar-refractivity contribution in [3.63, 3.8) is 0 Å². The minimum Gasteiger partial charge on any atom is -0.494 e. The SMILES string of the molecule is CCCOc1cccc(C(=O)Nc2cc(C(=O)OC)ccc2N2CC[NH+](C)CC2)c1. The van der Waals surface area contributed by atoms with Crippen molar-refractivity contribution in [1.29, 1.82) is 0 Å². The molecule has 1 fully saturated rings. The van der Waals surface area contributed by atoms with Gasteiger partial charge in [-0.05, 0) is 42.8 Å². The Morgan fingerprint density at radius 2 is 1.87 bits per heavy atom. The van der Waals surface area contributed by atoms with E-state index in [1.54, 1.807) is 30.3 Å². The average Bonchev–Trinajstić information content (AvgIpc) is 2.78. The van der Waals surface area contributed by atoms with Gasteiger partial charge in [-0.3, -0.25) is 4.79 Å². The van der Waals surface area contributed by atoms with Crippen LogP contribution in [0.1, 0.15) is 34.1 Å². The number of nitrogens with one attached hydrogen (secondary N) is 2. The molecule has 7 heteroatoms. The lowest BCUT2D eigenvalue weighted by atomic mass is 10.1. The van der Waals surface area contributed by atoms with Crippen LogP contribution in [0.4, 0.5) is 11.4 Å². The van der Waals surface area contributed by atoms with E-state index >= 15 is 0 Å². The van der Waals surface area contributed by atoms with E-state index in [9.17, 15) is 9.59 Å². The lowest BCUT2D eigenvalue weighted by Gasteiger charge is -2.33. The normalized spacial score (nSPS) is 14.3. The number of hydrogen-bond acceptors (Lipinski definition) is 5. The molecule has 2 aromatic rings. The van der Waals surface area contributed by atoms with Crippen molar-refractivity contribution in [3.8, 4) is 5.75 Å². The molecule has 7 nitrogen and oxygen atoms in total. The van der Waals surface area contributed by atoms with Crippen molar-refractivity contribution in [1.82, 2.24) is 0 Å². The Morgan fingerprint density at radius 1 is 1.10 bits per heavy atom. The summed E-state index contributed by atoms with van der Waals surface area (Å²) in [5.41, 5.74) is 2.40. The number of benzene rings is 2. The molecule has 2 N–H and O–H groups in total. The van der Waals surface area contributed by atoms with E-state index in [2.05, 4.69) is 17.3 Å². The van der Waals surface area contributed by atoms with Crippen LogP contribution >= 0.6 is 0 Å². The van der Waals surface area contributed by atoms with Gasteiger partial charge < -0.3 is 24.6 Å². The lowest BCUT2D eigenvalue weighted by molar-refractivity contribution is -0.880. The number of carbonyl (C=O) groups is 2. The summed E-state index contributed by atoms with van der Waals surface area (Å²) in [4.78, 5) is 28.7. The summed E-state index contributed by atoms with van der Waals surface area (Å²) in [6, 6.07) is 12.4. The Morgan fingerprint density at radius 3 is 2.57 bits per heavy atom. The summed E-state index contributed by atoms with van der Waals surface area (Å²) in [7, 11) is 3.52. The second-order valence-electron chi connectivity index (χ2n) is 7.50. The van der Waals surface area contributed by atoms with Crippen molar-refractivity contribution in [2.75, 3.05) is 57.2 Å². The monoisotopic (exact) mass is 412 g/mol. The fraction of sp³-hybridized carbons (Fsp3) is 0.391. The quantitative estimate of drug-likeness (QED) is 0.679. The van der Waals surface area contributed by atoms with Crippen LogP contribution in [0.15, 0.2) is 42.5 Å². The summed E-state index contributed by atoms with van der Waals surface area (Å²) < 4.78 is 10.5. The van der Waals surface area contributed by atoms with Crippen LogP contribution in [0.3, 0.4) is 0 Å². The molecule has 1 heterocycles. The first-order valence-corrected chi connectivity index (χ1v) is 10.3. The average molecular weight is 413 g/mol. The minimum atomic E-state index is -0.435. The Kier molecular flexibility index (Phi) is 7.30. The molecule has 3 rings (SSSR count). The maximum Gasteiger partial charge on any atom is 0.337 e. The molecule has 0 saturated carbocycles. The fourth-order valence-corrected chi connectivity index (χ4v) is 3.43. The zero-order valence-corrected chi connectivity index (χ0v) is 17.9. The van der Waals surface area contributed by atoms with Gasteiger partial charge in [0.1, 0.15) is 5.75 Å². The van der Waals surface area contributed by atoms with Gasteiger partial charge >= 0.3 is 5.97 Å². The third kappa shape index (κ3) is 5.30. The van der Waals surface area contributed by atoms with E-state index in [0.717, 1.165) is 38.3 Å². The Bertz CT molecular complexity index is 892. The maximum atomic E-state index is 13.0. The Balaban J connectivity index is 1.86. The number of esters is 1. The van der Waals surface area contributed by atoms with Gasteiger partial charge in [0.15, 0.2) is 0 Å². The molecule has 1 saturated heterocycles. The van der Waals surface area contributed by atoms with Gasteiger partial charge in [0.2, 0.25) is 0 Å². The number of amides is 1. The van der Waals surface area contributed by atoms with E-state index in [0.29, 0.717) is 29.2 Å². The number of likely N-dealkylation sites (N-methyl/N-ethyl adjacent to an activating group) is 1. The zero-order valence-electron chi connectivity index (χ0n) is 17.9. The van der Waals surface area contributed by atoms with Gasteiger partial charge in [0.05, 0.1) is 63.9 Å². The summed E-state index contributed by atoms with van der Waals surface area (Å²) in [6.45, 7) is 6.43. The first-order chi connectivity index (χ1) is 14.5. The van der Waals surface area contributed by atoms with E-state index in [1.807, 2.05) is 19.1 Å². The van der Waals surface area contributed by atoms with Crippen molar-refractivity contribution in [2.45, 2.75) is 13.3 Å². The number of quaternary nitrogens is 1. The van der Waals surface area contributed by atoms with Gasteiger partial charge in [-0.1, -0.05) is 13.0 Å². The second kappa shape index (κ2) is 10.1. The van der Waals surface area contributed by atoms with Crippen molar-refractivity contribution < 1.29 is 24.0 Å². The number of carbonyl (C=O) groups excluding carboxylic acids is 2. The lowest BCUT2D eigenvalue weighted by Crippen LogP contribution is -3.12.